The van der Waals surface area contributed by atoms with Gasteiger partial charge in [-0.05, 0) is 18.4 Å². The van der Waals surface area contributed by atoms with Gasteiger partial charge in [0.1, 0.15) is 17.5 Å². The third kappa shape index (κ3) is 3.69. The lowest BCUT2D eigenvalue weighted by Crippen LogP contribution is -2.05. The Kier molecular flexibility index (Phi) is 4.98. The number of nitrogens with one attached hydrogen (secondary N) is 1. The number of aromatic nitrogens is 2. The third-order valence-electron chi connectivity index (χ3n) is 2.08. The minimum atomic E-state index is 0.428. The molecule has 18 heavy (non-hydrogen) atoms. The van der Waals surface area contributed by atoms with Gasteiger partial charge in [-0.1, -0.05) is 17.8 Å². The van der Waals surface area contributed by atoms with E-state index in [1.54, 1.807) is 30.2 Å². The Morgan fingerprint density at radius 3 is 3.00 bits per heavy atom. The molecule has 96 valence electrons. The summed E-state index contributed by atoms with van der Waals surface area (Å²) in [5, 5.41) is 6.21. The topological polar surface area (TPSA) is 47.0 Å². The number of hydrogen-bond acceptors (Lipinski definition) is 6. The molecule has 0 saturated heterocycles. The maximum Gasteiger partial charge on any atom is 0.157 e. The molecule has 0 unspecified atom stereocenters. The van der Waals surface area contributed by atoms with Gasteiger partial charge in [-0.2, -0.15) is 0 Å². The summed E-state index contributed by atoms with van der Waals surface area (Å²) in [6.07, 6.45) is 0. The second kappa shape index (κ2) is 6.72. The number of anilines is 1. The molecule has 6 heteroatoms. The zero-order valence-corrected chi connectivity index (χ0v) is 12.0. The van der Waals surface area contributed by atoms with Crippen LogP contribution in [0.4, 0.5) is 5.82 Å². The molecule has 0 amide bonds. The van der Waals surface area contributed by atoms with Crippen LogP contribution in [0.25, 0.3) is 0 Å². The Hall–Kier alpha value is -1.11. The maximum atomic E-state index is 5.09. The Morgan fingerprint density at radius 1 is 1.44 bits per heavy atom. The van der Waals surface area contributed by atoms with Gasteiger partial charge in [-0.15, -0.1) is 11.3 Å². The minimum Gasteiger partial charge on any atom is -0.377 e. The molecule has 0 bridgehead atoms. The molecule has 4 nitrogen and oxygen atoms in total. The summed E-state index contributed by atoms with van der Waals surface area (Å²) in [7, 11) is 1.65. The van der Waals surface area contributed by atoms with E-state index in [0.717, 1.165) is 17.4 Å². The van der Waals surface area contributed by atoms with Crippen LogP contribution >= 0.6 is 23.1 Å². The number of nitrogens with zero attached hydrogens (tertiary/aromatic N) is 2. The molecule has 2 aromatic rings. The van der Waals surface area contributed by atoms with Crippen molar-refractivity contribution in [1.29, 1.82) is 0 Å². The molecular weight excluding hydrogens is 266 g/mol. The van der Waals surface area contributed by atoms with E-state index in [1.165, 1.54) is 4.21 Å². The van der Waals surface area contributed by atoms with Crippen LogP contribution in [0, 0.1) is 0 Å². The SMILES string of the molecule is CCNc1cc(Sc2cccs2)nc(COC)n1. The molecule has 2 heterocycles. The Balaban J connectivity index is 2.21. The molecule has 0 aliphatic heterocycles. The second-order valence-corrected chi connectivity index (χ2v) is 5.77. The molecular formula is C12H15N3OS2. The van der Waals surface area contributed by atoms with Crippen LogP contribution < -0.4 is 5.32 Å². The van der Waals surface area contributed by atoms with E-state index < -0.39 is 0 Å². The average molecular weight is 281 g/mol. The van der Waals surface area contributed by atoms with Gasteiger partial charge in [-0.25, -0.2) is 9.97 Å². The van der Waals surface area contributed by atoms with Crippen molar-refractivity contribution in [2.75, 3.05) is 19.0 Å². The number of hydrogen-bond donors (Lipinski definition) is 1. The lowest BCUT2D eigenvalue weighted by atomic mass is 10.5. The number of ether oxygens (including phenoxy) is 1. The summed E-state index contributed by atoms with van der Waals surface area (Å²) in [5.41, 5.74) is 0. The predicted molar refractivity (Wildman–Crippen MR) is 75.4 cm³/mol. The highest BCUT2D eigenvalue weighted by Gasteiger charge is 2.06. The number of methoxy groups -OCH3 is 1. The van der Waals surface area contributed by atoms with Crippen LogP contribution in [0.3, 0.4) is 0 Å². The summed E-state index contributed by atoms with van der Waals surface area (Å²) >= 11 is 3.35. The van der Waals surface area contributed by atoms with E-state index in [4.69, 9.17) is 4.74 Å². The van der Waals surface area contributed by atoms with E-state index in [1.807, 2.05) is 19.1 Å². The van der Waals surface area contributed by atoms with Crippen LogP contribution in [-0.4, -0.2) is 23.6 Å². The van der Waals surface area contributed by atoms with Crippen molar-refractivity contribution in [2.24, 2.45) is 0 Å². The summed E-state index contributed by atoms with van der Waals surface area (Å²) in [6, 6.07) is 6.09. The van der Waals surface area contributed by atoms with Gasteiger partial charge in [0.05, 0.1) is 4.21 Å². The average Bonchev–Trinajstić information content (AvgIpc) is 2.82. The minimum absolute atomic E-state index is 0.428. The summed E-state index contributed by atoms with van der Waals surface area (Å²) in [6.45, 7) is 3.31. The Bertz CT molecular complexity index is 464. The van der Waals surface area contributed by atoms with Crippen molar-refractivity contribution < 1.29 is 4.74 Å². The van der Waals surface area contributed by atoms with Crippen molar-refractivity contribution >= 4 is 28.9 Å². The molecule has 0 atom stereocenters. The molecule has 0 aromatic carbocycles. The number of thiophene rings is 1. The van der Waals surface area contributed by atoms with E-state index >= 15 is 0 Å². The van der Waals surface area contributed by atoms with Gasteiger partial charge in [0.15, 0.2) is 5.82 Å². The molecule has 0 aliphatic rings. The van der Waals surface area contributed by atoms with Gasteiger partial charge in [0, 0.05) is 19.7 Å². The van der Waals surface area contributed by atoms with Crippen LogP contribution in [0.5, 0.6) is 0 Å². The van der Waals surface area contributed by atoms with Crippen molar-refractivity contribution in [2.45, 2.75) is 22.8 Å². The zero-order valence-electron chi connectivity index (χ0n) is 10.3. The lowest BCUT2D eigenvalue weighted by Gasteiger charge is -2.07. The first-order valence-electron chi connectivity index (χ1n) is 5.64. The Morgan fingerprint density at radius 2 is 2.33 bits per heavy atom. The van der Waals surface area contributed by atoms with Crippen LogP contribution in [0.15, 0.2) is 32.8 Å². The highest BCUT2D eigenvalue weighted by atomic mass is 32.2. The highest BCUT2D eigenvalue weighted by Crippen LogP contribution is 2.30. The molecule has 2 aromatic heterocycles. The summed E-state index contributed by atoms with van der Waals surface area (Å²) in [5.74, 6) is 1.55. The van der Waals surface area contributed by atoms with Gasteiger partial charge in [0.25, 0.3) is 0 Å². The fourth-order valence-corrected chi connectivity index (χ4v) is 3.15. The maximum absolute atomic E-state index is 5.09. The van der Waals surface area contributed by atoms with Crippen LogP contribution in [-0.2, 0) is 11.3 Å². The van der Waals surface area contributed by atoms with Crippen molar-refractivity contribution in [3.63, 3.8) is 0 Å². The normalized spacial score (nSPS) is 10.6. The van der Waals surface area contributed by atoms with Crippen molar-refractivity contribution in [1.82, 2.24) is 9.97 Å². The zero-order chi connectivity index (χ0) is 12.8. The van der Waals surface area contributed by atoms with E-state index in [2.05, 4.69) is 26.7 Å². The fraction of sp³-hybridized carbons (Fsp3) is 0.333. The molecule has 0 spiro atoms. The molecule has 1 N–H and O–H groups in total. The van der Waals surface area contributed by atoms with Gasteiger partial charge in [-0.3, -0.25) is 0 Å². The fourth-order valence-electron chi connectivity index (χ4n) is 1.41. The number of rotatable bonds is 6. The molecule has 0 radical (unpaired) electrons. The quantitative estimate of drug-likeness (QED) is 0.823. The second-order valence-electron chi connectivity index (χ2n) is 3.51. The van der Waals surface area contributed by atoms with Crippen molar-refractivity contribution in [3.8, 4) is 0 Å². The van der Waals surface area contributed by atoms with Crippen LogP contribution in [0.1, 0.15) is 12.7 Å². The largest absolute Gasteiger partial charge is 0.377 e. The van der Waals surface area contributed by atoms with Gasteiger partial charge < -0.3 is 10.1 Å². The lowest BCUT2D eigenvalue weighted by molar-refractivity contribution is 0.177. The van der Waals surface area contributed by atoms with E-state index in [0.29, 0.717) is 12.4 Å². The first-order chi connectivity index (χ1) is 8.81. The monoisotopic (exact) mass is 281 g/mol. The van der Waals surface area contributed by atoms with Crippen molar-refractivity contribution in [3.05, 3.63) is 29.4 Å². The molecule has 0 saturated carbocycles. The Labute approximate surface area is 115 Å². The van der Waals surface area contributed by atoms with E-state index in [-0.39, 0.29) is 0 Å². The molecule has 0 fully saturated rings. The highest BCUT2D eigenvalue weighted by molar-refractivity contribution is 8.01. The summed E-state index contributed by atoms with van der Waals surface area (Å²) < 4.78 is 6.31. The standard InChI is InChI=1S/C12H15N3OS2/c1-3-13-9-7-11(15-10(14-9)8-16-2)18-12-5-4-6-17-12/h4-7H,3,8H2,1-2H3,(H,13,14,15). The smallest absolute Gasteiger partial charge is 0.157 e. The summed E-state index contributed by atoms with van der Waals surface area (Å²) in [4.78, 5) is 8.86. The molecule has 2 rings (SSSR count). The first kappa shape index (κ1) is 13.3. The third-order valence-corrected chi connectivity index (χ3v) is 4.04. The van der Waals surface area contributed by atoms with E-state index in [9.17, 15) is 0 Å². The predicted octanol–water partition coefficient (Wildman–Crippen LogP) is 3.27. The molecule has 0 aliphatic carbocycles. The van der Waals surface area contributed by atoms with Crippen LogP contribution in [0.2, 0.25) is 0 Å². The first-order valence-corrected chi connectivity index (χ1v) is 7.33. The van der Waals surface area contributed by atoms with Gasteiger partial charge >= 0.3 is 0 Å². The van der Waals surface area contributed by atoms with Gasteiger partial charge in [0.2, 0.25) is 0 Å².